The second-order valence-electron chi connectivity index (χ2n) is 6.92. The van der Waals surface area contributed by atoms with E-state index in [2.05, 4.69) is 5.32 Å². The molecule has 2 unspecified atom stereocenters. The molecule has 2 saturated heterocycles. The standard InChI is InChI=1S/C18H32N4O4/c1-4-20(5-2)17(24)15-9-7-11-22(15)18(25)19-14-8-6-10-21(12-14)16(23)13-26-3/h14-15H,4-13H2,1-3H3,(H,19,25). The number of nitrogens with zero attached hydrogens (tertiary/aromatic N) is 3. The van der Waals surface area contributed by atoms with E-state index in [0.717, 1.165) is 19.3 Å². The Hall–Kier alpha value is -1.83. The van der Waals surface area contributed by atoms with Crippen molar-refractivity contribution in [3.63, 3.8) is 0 Å². The maximum atomic E-state index is 12.7. The molecule has 0 aliphatic carbocycles. The molecule has 0 aromatic carbocycles. The molecule has 0 saturated carbocycles. The summed E-state index contributed by atoms with van der Waals surface area (Å²) in [5, 5.41) is 3.03. The molecule has 26 heavy (non-hydrogen) atoms. The van der Waals surface area contributed by atoms with Gasteiger partial charge in [0.2, 0.25) is 11.8 Å². The topological polar surface area (TPSA) is 82.2 Å². The first-order chi connectivity index (χ1) is 12.5. The van der Waals surface area contributed by atoms with E-state index in [1.54, 1.807) is 14.7 Å². The van der Waals surface area contributed by atoms with Gasteiger partial charge >= 0.3 is 6.03 Å². The summed E-state index contributed by atoms with van der Waals surface area (Å²) < 4.78 is 4.91. The maximum absolute atomic E-state index is 12.7. The van der Waals surface area contributed by atoms with Crippen LogP contribution in [0.4, 0.5) is 4.79 Å². The lowest BCUT2D eigenvalue weighted by atomic mass is 10.1. The van der Waals surface area contributed by atoms with E-state index in [1.807, 2.05) is 13.8 Å². The van der Waals surface area contributed by atoms with Crippen molar-refractivity contribution in [3.8, 4) is 0 Å². The summed E-state index contributed by atoms with van der Waals surface area (Å²) in [6.45, 7) is 7.07. The number of nitrogens with one attached hydrogen (secondary N) is 1. The van der Waals surface area contributed by atoms with E-state index < -0.39 is 0 Å². The number of hydrogen-bond donors (Lipinski definition) is 1. The van der Waals surface area contributed by atoms with E-state index in [0.29, 0.717) is 39.1 Å². The molecule has 1 N–H and O–H groups in total. The summed E-state index contributed by atoms with van der Waals surface area (Å²) in [4.78, 5) is 42.6. The van der Waals surface area contributed by atoms with Gasteiger partial charge in [-0.2, -0.15) is 0 Å². The van der Waals surface area contributed by atoms with E-state index in [1.165, 1.54) is 7.11 Å². The van der Waals surface area contributed by atoms with Crippen molar-refractivity contribution >= 4 is 17.8 Å². The zero-order valence-corrected chi connectivity index (χ0v) is 16.2. The van der Waals surface area contributed by atoms with Crippen LogP contribution in [0.25, 0.3) is 0 Å². The average molecular weight is 368 g/mol. The molecular formula is C18H32N4O4. The average Bonchev–Trinajstić information content (AvgIpc) is 3.13. The Balaban J connectivity index is 1.93. The summed E-state index contributed by atoms with van der Waals surface area (Å²) in [5.74, 6) is -0.0228. The first-order valence-electron chi connectivity index (χ1n) is 9.64. The Morgan fingerprint density at radius 2 is 1.81 bits per heavy atom. The van der Waals surface area contributed by atoms with Crippen LogP contribution >= 0.6 is 0 Å². The normalized spacial score (nSPS) is 23.0. The lowest BCUT2D eigenvalue weighted by Crippen LogP contribution is -2.56. The molecule has 2 rings (SSSR count). The van der Waals surface area contributed by atoms with Crippen LogP contribution in [0.5, 0.6) is 0 Å². The molecular weight excluding hydrogens is 336 g/mol. The molecule has 8 nitrogen and oxygen atoms in total. The Bertz CT molecular complexity index is 509. The minimum atomic E-state index is -0.371. The third-order valence-corrected chi connectivity index (χ3v) is 5.24. The number of carbonyl (C=O) groups excluding carboxylic acids is 3. The fourth-order valence-corrected chi connectivity index (χ4v) is 3.81. The molecule has 2 aliphatic rings. The second-order valence-corrected chi connectivity index (χ2v) is 6.92. The fourth-order valence-electron chi connectivity index (χ4n) is 3.81. The SMILES string of the molecule is CCN(CC)C(=O)C1CCCN1C(=O)NC1CCCN(C(=O)COC)C1. The van der Waals surface area contributed by atoms with Crippen LogP contribution in [-0.2, 0) is 14.3 Å². The Morgan fingerprint density at radius 1 is 1.12 bits per heavy atom. The van der Waals surface area contributed by atoms with E-state index in [9.17, 15) is 14.4 Å². The van der Waals surface area contributed by atoms with Gasteiger partial charge < -0.3 is 24.8 Å². The number of ether oxygens (including phenoxy) is 1. The van der Waals surface area contributed by atoms with Gasteiger partial charge in [-0.3, -0.25) is 9.59 Å². The summed E-state index contributed by atoms with van der Waals surface area (Å²) in [7, 11) is 1.50. The third kappa shape index (κ3) is 4.87. The van der Waals surface area contributed by atoms with Crippen LogP contribution in [0.1, 0.15) is 39.5 Å². The summed E-state index contributed by atoms with van der Waals surface area (Å²) in [6.07, 6.45) is 3.24. The molecule has 4 amide bonds. The van der Waals surface area contributed by atoms with Crippen molar-refractivity contribution in [1.29, 1.82) is 0 Å². The van der Waals surface area contributed by atoms with Crippen molar-refractivity contribution in [2.75, 3.05) is 46.4 Å². The van der Waals surface area contributed by atoms with Gasteiger partial charge in [-0.05, 0) is 39.5 Å². The zero-order valence-electron chi connectivity index (χ0n) is 16.2. The van der Waals surface area contributed by atoms with Gasteiger partial charge in [-0.25, -0.2) is 4.79 Å². The molecule has 0 aromatic heterocycles. The second kappa shape index (κ2) is 9.75. The highest BCUT2D eigenvalue weighted by Gasteiger charge is 2.37. The van der Waals surface area contributed by atoms with Crippen molar-refractivity contribution in [2.24, 2.45) is 0 Å². The van der Waals surface area contributed by atoms with E-state index in [-0.39, 0.29) is 36.5 Å². The van der Waals surface area contributed by atoms with Crippen LogP contribution < -0.4 is 5.32 Å². The molecule has 8 heteroatoms. The van der Waals surface area contributed by atoms with Gasteiger partial charge in [0.25, 0.3) is 0 Å². The van der Waals surface area contributed by atoms with E-state index in [4.69, 9.17) is 4.74 Å². The molecule has 2 fully saturated rings. The monoisotopic (exact) mass is 368 g/mol. The summed E-state index contributed by atoms with van der Waals surface area (Å²) in [6, 6.07) is -0.648. The third-order valence-electron chi connectivity index (χ3n) is 5.24. The molecule has 2 atom stereocenters. The number of methoxy groups -OCH3 is 1. The van der Waals surface area contributed by atoms with Gasteiger partial charge in [0.05, 0.1) is 0 Å². The van der Waals surface area contributed by atoms with Gasteiger partial charge in [0, 0.05) is 45.9 Å². The molecule has 2 heterocycles. The number of piperidine rings is 1. The predicted octanol–water partition coefficient (Wildman–Crippen LogP) is 0.666. The molecule has 0 aromatic rings. The molecule has 0 radical (unpaired) electrons. The molecule has 0 bridgehead atoms. The van der Waals surface area contributed by atoms with Gasteiger partial charge in [-0.15, -0.1) is 0 Å². The number of carbonyl (C=O) groups is 3. The highest BCUT2D eigenvalue weighted by Crippen LogP contribution is 2.20. The highest BCUT2D eigenvalue weighted by molar-refractivity contribution is 5.87. The van der Waals surface area contributed by atoms with Gasteiger partial charge in [0.1, 0.15) is 12.6 Å². The smallest absolute Gasteiger partial charge is 0.318 e. The number of hydrogen-bond acceptors (Lipinski definition) is 4. The van der Waals surface area contributed by atoms with E-state index >= 15 is 0 Å². The minimum absolute atomic E-state index is 0.0307. The quantitative estimate of drug-likeness (QED) is 0.747. The van der Waals surface area contributed by atoms with Crippen LogP contribution in [0, 0.1) is 0 Å². The largest absolute Gasteiger partial charge is 0.375 e. The van der Waals surface area contributed by atoms with Crippen LogP contribution in [0.2, 0.25) is 0 Å². The first kappa shape index (κ1) is 20.5. The molecule has 0 spiro atoms. The Kier molecular flexibility index (Phi) is 7.68. The predicted molar refractivity (Wildman–Crippen MR) is 97.7 cm³/mol. The Labute approximate surface area is 155 Å². The Morgan fingerprint density at radius 3 is 2.46 bits per heavy atom. The molecule has 148 valence electrons. The molecule has 2 aliphatic heterocycles. The number of urea groups is 1. The van der Waals surface area contributed by atoms with Crippen LogP contribution in [0.3, 0.4) is 0 Å². The first-order valence-corrected chi connectivity index (χ1v) is 9.64. The number of likely N-dealkylation sites (N-methyl/N-ethyl adjacent to an activating group) is 1. The van der Waals surface area contributed by atoms with Crippen LogP contribution in [0.15, 0.2) is 0 Å². The minimum Gasteiger partial charge on any atom is -0.375 e. The lowest BCUT2D eigenvalue weighted by molar-refractivity contribution is -0.136. The number of likely N-dealkylation sites (tertiary alicyclic amines) is 2. The van der Waals surface area contributed by atoms with Gasteiger partial charge in [0.15, 0.2) is 0 Å². The van der Waals surface area contributed by atoms with Crippen molar-refractivity contribution in [3.05, 3.63) is 0 Å². The highest BCUT2D eigenvalue weighted by atomic mass is 16.5. The summed E-state index contributed by atoms with van der Waals surface area (Å²) >= 11 is 0. The maximum Gasteiger partial charge on any atom is 0.318 e. The summed E-state index contributed by atoms with van der Waals surface area (Å²) in [5.41, 5.74) is 0. The van der Waals surface area contributed by atoms with Crippen molar-refractivity contribution in [2.45, 2.75) is 51.6 Å². The van der Waals surface area contributed by atoms with Crippen LogP contribution in [-0.4, -0.2) is 91.1 Å². The fraction of sp³-hybridized carbons (Fsp3) is 0.833. The lowest BCUT2D eigenvalue weighted by Gasteiger charge is -2.35. The zero-order chi connectivity index (χ0) is 19.1. The number of rotatable bonds is 6. The van der Waals surface area contributed by atoms with Gasteiger partial charge in [-0.1, -0.05) is 0 Å². The number of amides is 4. The van der Waals surface area contributed by atoms with Crippen molar-refractivity contribution < 1.29 is 19.1 Å². The van der Waals surface area contributed by atoms with Crippen molar-refractivity contribution in [1.82, 2.24) is 20.0 Å².